The molecular formula is C54H69N7O8S. The molecule has 1 unspecified atom stereocenters. The highest BCUT2D eigenvalue weighted by molar-refractivity contribution is 7.13. The summed E-state index contributed by atoms with van der Waals surface area (Å²) in [5, 5.41) is 19.7. The predicted molar refractivity (Wildman–Crippen MR) is 268 cm³/mol. The number of aromatic nitrogens is 1. The van der Waals surface area contributed by atoms with Crippen molar-refractivity contribution >= 4 is 46.7 Å². The number of benzene rings is 3. The molecule has 1 aliphatic heterocycles. The number of amides is 5. The minimum Gasteiger partial charge on any atom is -0.391 e. The molecule has 0 saturated carbocycles. The quantitative estimate of drug-likeness (QED) is 0.0628. The highest BCUT2D eigenvalue weighted by atomic mass is 32.1. The van der Waals surface area contributed by atoms with Gasteiger partial charge in [-0.2, -0.15) is 0 Å². The number of unbranched alkanes of at least 4 members (excludes halogenated alkanes) is 1. The number of nitrogens with two attached hydrogens (primary N) is 2. The lowest BCUT2D eigenvalue weighted by molar-refractivity contribution is -0.144. The first-order chi connectivity index (χ1) is 33.4. The van der Waals surface area contributed by atoms with Crippen LogP contribution < -0.4 is 27.4 Å². The van der Waals surface area contributed by atoms with E-state index in [2.05, 4.69) is 20.9 Å². The lowest BCUT2D eigenvalue weighted by Gasteiger charge is -2.35. The van der Waals surface area contributed by atoms with Crippen molar-refractivity contribution < 1.29 is 38.6 Å². The van der Waals surface area contributed by atoms with E-state index in [1.165, 1.54) is 4.90 Å². The van der Waals surface area contributed by atoms with Gasteiger partial charge in [0.1, 0.15) is 12.1 Å². The minimum atomic E-state index is -0.912. The van der Waals surface area contributed by atoms with Gasteiger partial charge in [0.25, 0.3) is 0 Å². The van der Waals surface area contributed by atoms with E-state index in [4.69, 9.17) is 16.2 Å². The Morgan fingerprint density at radius 2 is 1.64 bits per heavy atom. The van der Waals surface area contributed by atoms with Gasteiger partial charge in [-0.3, -0.25) is 28.8 Å². The van der Waals surface area contributed by atoms with Crippen LogP contribution in [-0.2, 0) is 59.4 Å². The summed E-state index contributed by atoms with van der Waals surface area (Å²) in [6.07, 6.45) is 3.55. The molecule has 0 radical (unpaired) electrons. The van der Waals surface area contributed by atoms with Crippen molar-refractivity contribution in [3.05, 3.63) is 111 Å². The second kappa shape index (κ2) is 23.0. The Labute approximate surface area is 414 Å². The number of ketones is 1. The molecule has 2 aliphatic carbocycles. The number of aliphatic hydroxyl groups is 1. The number of carbonyl (C=O) groups is 6. The highest BCUT2D eigenvalue weighted by Crippen LogP contribution is 2.44. The topological polar surface area (TPSA) is 236 Å². The Morgan fingerprint density at radius 3 is 2.33 bits per heavy atom. The third-order valence-corrected chi connectivity index (χ3v) is 15.0. The van der Waals surface area contributed by atoms with Crippen LogP contribution in [-0.4, -0.2) is 93.7 Å². The van der Waals surface area contributed by atoms with Crippen LogP contribution in [0, 0.1) is 18.3 Å². The number of aryl methyl sites for hydroxylation is 3. The second-order valence-electron chi connectivity index (χ2n) is 20.5. The van der Waals surface area contributed by atoms with Crippen molar-refractivity contribution in [2.75, 3.05) is 13.2 Å². The summed E-state index contributed by atoms with van der Waals surface area (Å²) in [4.78, 5) is 87.1. The molecule has 374 valence electrons. The summed E-state index contributed by atoms with van der Waals surface area (Å²) < 4.78 is 6.06. The Hall–Kier alpha value is -5.81. The van der Waals surface area contributed by atoms with Crippen LogP contribution in [0.4, 0.5) is 0 Å². The SMILES string of the molecule is Cc1ncsc1-c1ccc([C@H](C)NC(=O)[C@@H]2C[C@@H](O)CN2C(=O)[C@@H](NC(=O)CCCCc2ccc(COC[C@H](CCC(N)=O)NC(=O)[C@@H]3Cc4cccc5c4C3C(=O)[C@@H](N)CC5)cc2)C(C)(C)C)cc1. The van der Waals surface area contributed by atoms with E-state index in [-0.39, 0.29) is 68.6 Å². The van der Waals surface area contributed by atoms with Crippen molar-refractivity contribution in [2.24, 2.45) is 22.8 Å². The Kier molecular flexibility index (Phi) is 17.1. The van der Waals surface area contributed by atoms with Gasteiger partial charge < -0.3 is 42.2 Å². The number of hydrogen-bond donors (Lipinski definition) is 6. The fraction of sp³-hybridized carbons (Fsp3) is 0.500. The number of primary amides is 1. The molecule has 7 rings (SSSR count). The number of hydrogen-bond acceptors (Lipinski definition) is 11. The molecule has 0 bridgehead atoms. The summed E-state index contributed by atoms with van der Waals surface area (Å²) >= 11 is 1.57. The van der Waals surface area contributed by atoms with Gasteiger partial charge >= 0.3 is 0 Å². The first kappa shape index (κ1) is 52.0. The fourth-order valence-electron chi connectivity index (χ4n) is 10.1. The zero-order valence-corrected chi connectivity index (χ0v) is 41.8. The van der Waals surface area contributed by atoms with Crippen LogP contribution in [0.3, 0.4) is 0 Å². The van der Waals surface area contributed by atoms with Crippen LogP contribution >= 0.6 is 11.3 Å². The van der Waals surface area contributed by atoms with Gasteiger partial charge in [-0.25, -0.2) is 4.98 Å². The lowest BCUT2D eigenvalue weighted by atomic mass is 9.85. The number of nitrogens with zero attached hydrogens (tertiary/aromatic N) is 2. The number of nitrogens with one attached hydrogen (secondary N) is 3. The van der Waals surface area contributed by atoms with Crippen molar-refractivity contribution in [1.82, 2.24) is 25.8 Å². The van der Waals surface area contributed by atoms with E-state index in [1.807, 2.05) is 107 Å². The van der Waals surface area contributed by atoms with Crippen LogP contribution in [0.1, 0.15) is 124 Å². The molecule has 3 aromatic carbocycles. The van der Waals surface area contributed by atoms with Crippen molar-refractivity contribution in [3.63, 3.8) is 0 Å². The smallest absolute Gasteiger partial charge is 0.246 e. The fourth-order valence-corrected chi connectivity index (χ4v) is 10.9. The normalized spacial score (nSPS) is 21.0. The third kappa shape index (κ3) is 12.7. The molecule has 8 atom stereocenters. The maximum Gasteiger partial charge on any atom is 0.246 e. The van der Waals surface area contributed by atoms with Crippen LogP contribution in [0.5, 0.6) is 0 Å². The molecule has 1 fully saturated rings. The zero-order chi connectivity index (χ0) is 50.3. The van der Waals surface area contributed by atoms with E-state index in [1.54, 1.807) is 11.3 Å². The van der Waals surface area contributed by atoms with Crippen LogP contribution in [0.2, 0.25) is 0 Å². The second-order valence-corrected chi connectivity index (χ2v) is 21.3. The van der Waals surface area contributed by atoms with Gasteiger partial charge in [0.05, 0.1) is 65.4 Å². The van der Waals surface area contributed by atoms with E-state index in [9.17, 15) is 33.9 Å². The standard InChI is InChI=1S/C54H69N7O8S/c1-31(35-17-19-37(20-18-35)49-32(2)57-30-70-49)58-52(67)43-26-40(62)27-61(43)53(68)50(54(3,4)5)60-45(64)12-7-6-9-33-13-15-34(16-14-33)28-69-29-39(22-24-44(56)63)59-51(66)41-25-38-11-8-10-36-21-23-42(55)48(65)47(41)46(36)38/h8,10-11,13-20,30-31,39-43,47,50,62H,6-7,9,12,21-29,55H2,1-5H3,(H2,56,63)(H,58,67)(H,59,66)(H,60,64)/t31-,39-,40+,41+,42-,43-,47?,50+/m0/s1. The summed E-state index contributed by atoms with van der Waals surface area (Å²) in [6, 6.07) is 18.6. The van der Waals surface area contributed by atoms with Crippen LogP contribution in [0.25, 0.3) is 10.4 Å². The van der Waals surface area contributed by atoms with Gasteiger partial charge in [0.15, 0.2) is 5.78 Å². The van der Waals surface area contributed by atoms with E-state index < -0.39 is 59.3 Å². The molecule has 8 N–H and O–H groups in total. The Balaban J connectivity index is 0.855. The molecule has 1 aromatic heterocycles. The summed E-state index contributed by atoms with van der Waals surface area (Å²) in [5.74, 6) is -3.06. The van der Waals surface area contributed by atoms with Gasteiger partial charge in [-0.15, -0.1) is 11.3 Å². The molecule has 1 saturated heterocycles. The van der Waals surface area contributed by atoms with Crippen molar-refractivity contribution in [1.29, 1.82) is 0 Å². The summed E-state index contributed by atoms with van der Waals surface area (Å²) in [5.41, 5.74) is 20.8. The van der Waals surface area contributed by atoms with E-state index >= 15 is 0 Å². The van der Waals surface area contributed by atoms with Gasteiger partial charge in [-0.05, 0) is 103 Å². The van der Waals surface area contributed by atoms with Crippen molar-refractivity contribution in [3.8, 4) is 10.4 Å². The molecule has 16 heteroatoms. The molecule has 3 aliphatic rings. The van der Waals surface area contributed by atoms with E-state index in [0.29, 0.717) is 32.1 Å². The lowest BCUT2D eigenvalue weighted by Crippen LogP contribution is -2.57. The molecule has 5 amide bonds. The minimum absolute atomic E-state index is 0.00507. The first-order valence-corrected chi connectivity index (χ1v) is 25.5. The zero-order valence-electron chi connectivity index (χ0n) is 41.0. The van der Waals surface area contributed by atoms with Crippen molar-refractivity contribution in [2.45, 2.75) is 148 Å². The van der Waals surface area contributed by atoms with Gasteiger partial charge in [0, 0.05) is 25.8 Å². The Morgan fingerprint density at radius 1 is 0.929 bits per heavy atom. The van der Waals surface area contributed by atoms with Crippen LogP contribution in [0.15, 0.2) is 72.2 Å². The number of aliphatic hydroxyl groups excluding tert-OH is 1. The maximum absolute atomic E-state index is 14.2. The largest absolute Gasteiger partial charge is 0.391 e. The van der Waals surface area contributed by atoms with Gasteiger partial charge in [-0.1, -0.05) is 87.5 Å². The number of thiazole rings is 1. The summed E-state index contributed by atoms with van der Waals surface area (Å²) in [7, 11) is 0. The maximum atomic E-state index is 14.2. The molecule has 0 spiro atoms. The number of likely N-dealkylation sites (tertiary alicyclic amines) is 1. The molecular weight excluding hydrogens is 907 g/mol. The number of β-amino-alcohol motifs (C(OH)–C–C–N with tert-alkyl or cyclic N) is 1. The predicted octanol–water partition coefficient (Wildman–Crippen LogP) is 5.27. The molecule has 2 heterocycles. The Bertz CT molecular complexity index is 2520. The highest BCUT2D eigenvalue weighted by Gasteiger charge is 2.47. The average molecular weight is 976 g/mol. The molecule has 4 aromatic rings. The number of Topliss-reactive ketones (excluding diaryl/α,β-unsaturated/α-hetero) is 1. The number of rotatable bonds is 20. The molecule has 15 nitrogen and oxygen atoms in total. The third-order valence-electron chi connectivity index (χ3n) is 14.0. The molecule has 70 heavy (non-hydrogen) atoms. The average Bonchev–Trinajstić information content (AvgIpc) is 4.04. The number of ether oxygens (including phenoxy) is 1. The first-order valence-electron chi connectivity index (χ1n) is 24.6. The number of carbonyl (C=O) groups excluding carboxylic acids is 6. The van der Waals surface area contributed by atoms with E-state index in [0.717, 1.165) is 62.4 Å². The van der Waals surface area contributed by atoms with Gasteiger partial charge in [0.2, 0.25) is 29.5 Å². The summed E-state index contributed by atoms with van der Waals surface area (Å²) in [6.45, 7) is 9.87. The monoisotopic (exact) mass is 975 g/mol.